The van der Waals surface area contributed by atoms with Crippen LogP contribution in [0, 0.1) is 0 Å². The zero-order valence-corrected chi connectivity index (χ0v) is 16.0. The number of aliphatic hydroxyl groups is 1. The van der Waals surface area contributed by atoms with Gasteiger partial charge >= 0.3 is 12.1 Å². The molecule has 0 unspecified atom stereocenters. The minimum atomic E-state index is -4.95. The van der Waals surface area contributed by atoms with Gasteiger partial charge in [0.25, 0.3) is 0 Å². The zero-order valence-electron chi connectivity index (χ0n) is 15.2. The Bertz CT molecular complexity index is 837. The number of aliphatic hydroxyl groups excluding tert-OH is 1. The summed E-state index contributed by atoms with van der Waals surface area (Å²) in [5.41, 5.74) is 1.17. The average molecular weight is 421 g/mol. The summed E-state index contributed by atoms with van der Waals surface area (Å²) in [6.07, 6.45) is -4.70. The number of alkyl halides is 3. The van der Waals surface area contributed by atoms with Gasteiger partial charge in [0.1, 0.15) is 0 Å². The molecule has 0 aliphatic carbocycles. The molecule has 1 saturated heterocycles. The molecule has 28 heavy (non-hydrogen) atoms. The molecule has 1 aromatic rings. The summed E-state index contributed by atoms with van der Waals surface area (Å²) in [5, 5.41) is 8.97. The number of fused-ring (bicyclic) bond motifs is 1. The lowest BCUT2D eigenvalue weighted by Crippen LogP contribution is -2.49. The van der Waals surface area contributed by atoms with Crippen molar-refractivity contribution in [2.45, 2.75) is 24.0 Å². The highest BCUT2D eigenvalue weighted by Gasteiger charge is 2.43. The summed E-state index contributed by atoms with van der Waals surface area (Å²) in [5.74, 6) is -1.91. The van der Waals surface area contributed by atoms with Crippen molar-refractivity contribution in [3.63, 3.8) is 0 Å². The number of amides is 1. The molecule has 0 atom stereocenters. The second-order valence-electron chi connectivity index (χ2n) is 6.87. The molecule has 1 amide bonds. The maximum atomic E-state index is 12.9. The number of benzene rings is 1. The van der Waals surface area contributed by atoms with Crippen LogP contribution >= 0.6 is 0 Å². The number of piperazine rings is 1. The van der Waals surface area contributed by atoms with Crippen LogP contribution in [-0.2, 0) is 27.8 Å². The van der Waals surface area contributed by atoms with E-state index in [-0.39, 0.29) is 44.1 Å². The normalized spacial score (nSPS) is 19.5. The number of carbonyl (C=O) groups is 1. The van der Waals surface area contributed by atoms with E-state index in [9.17, 15) is 26.4 Å². The van der Waals surface area contributed by atoms with Gasteiger partial charge in [-0.2, -0.15) is 17.5 Å². The number of β-amino-alcohol motifs (C(OH)–C–C–N with tert-alkyl or cyclic N) is 1. The smallest absolute Gasteiger partial charge is 0.395 e. The van der Waals surface area contributed by atoms with Crippen molar-refractivity contribution in [3.8, 4) is 0 Å². The molecule has 2 aliphatic rings. The molecule has 2 heterocycles. The molecule has 1 aromatic carbocycles. The number of nitrogens with zero attached hydrogens (tertiary/aromatic N) is 3. The Labute approximate surface area is 161 Å². The van der Waals surface area contributed by atoms with E-state index >= 15 is 0 Å². The molecular formula is C17H22F3N3O4S. The highest BCUT2D eigenvalue weighted by atomic mass is 32.2. The van der Waals surface area contributed by atoms with Crippen LogP contribution in [0.2, 0.25) is 0 Å². The van der Waals surface area contributed by atoms with E-state index in [0.29, 0.717) is 30.1 Å². The van der Waals surface area contributed by atoms with Crippen molar-refractivity contribution >= 4 is 15.9 Å². The number of halogens is 3. The third-order valence-electron chi connectivity index (χ3n) is 5.10. The first-order valence-electron chi connectivity index (χ1n) is 8.94. The van der Waals surface area contributed by atoms with Crippen LogP contribution < -0.4 is 0 Å². The van der Waals surface area contributed by atoms with Crippen LogP contribution in [0.5, 0.6) is 0 Å². The van der Waals surface area contributed by atoms with E-state index in [1.807, 2.05) is 4.90 Å². The van der Waals surface area contributed by atoms with Crippen LogP contribution in [0.3, 0.4) is 0 Å². The Morgan fingerprint density at radius 1 is 1.07 bits per heavy atom. The summed E-state index contributed by atoms with van der Waals surface area (Å²) in [6.45, 7) is 1.72. The van der Waals surface area contributed by atoms with E-state index in [4.69, 9.17) is 5.11 Å². The maximum absolute atomic E-state index is 12.9. The molecule has 1 N–H and O–H groups in total. The van der Waals surface area contributed by atoms with Crippen molar-refractivity contribution < 1.29 is 31.5 Å². The van der Waals surface area contributed by atoms with Crippen molar-refractivity contribution in [1.29, 1.82) is 0 Å². The van der Waals surface area contributed by atoms with Gasteiger partial charge in [-0.15, -0.1) is 0 Å². The Kier molecular flexibility index (Phi) is 5.99. The molecule has 3 rings (SSSR count). The van der Waals surface area contributed by atoms with Gasteiger partial charge in [0.05, 0.1) is 11.5 Å². The van der Waals surface area contributed by atoms with Crippen molar-refractivity contribution in [2.24, 2.45) is 0 Å². The van der Waals surface area contributed by atoms with Gasteiger partial charge in [-0.05, 0) is 29.7 Å². The lowest BCUT2D eigenvalue weighted by molar-refractivity contribution is -0.186. The van der Waals surface area contributed by atoms with Gasteiger partial charge < -0.3 is 10.0 Å². The number of hydrogen-bond donors (Lipinski definition) is 1. The monoisotopic (exact) mass is 421 g/mol. The van der Waals surface area contributed by atoms with Crippen LogP contribution in [-0.4, -0.2) is 85.6 Å². The number of sulfonamides is 1. The van der Waals surface area contributed by atoms with Crippen LogP contribution in [0.25, 0.3) is 0 Å². The highest BCUT2D eigenvalue weighted by Crippen LogP contribution is 2.27. The second kappa shape index (κ2) is 7.97. The molecule has 11 heteroatoms. The molecule has 2 aliphatic heterocycles. The van der Waals surface area contributed by atoms with Gasteiger partial charge in [-0.25, -0.2) is 8.42 Å². The highest BCUT2D eigenvalue weighted by molar-refractivity contribution is 7.89. The number of carbonyl (C=O) groups excluding carboxylic acids is 1. The molecule has 0 spiro atoms. The summed E-state index contributed by atoms with van der Waals surface area (Å²) < 4.78 is 65.2. The Hall–Kier alpha value is -1.69. The summed E-state index contributed by atoms with van der Waals surface area (Å²) >= 11 is 0. The Morgan fingerprint density at radius 2 is 1.75 bits per heavy atom. The van der Waals surface area contributed by atoms with Crippen molar-refractivity contribution in [1.82, 2.24) is 14.1 Å². The maximum Gasteiger partial charge on any atom is 0.471 e. The minimum Gasteiger partial charge on any atom is -0.395 e. The summed E-state index contributed by atoms with van der Waals surface area (Å²) in [4.78, 5) is 14.2. The molecule has 156 valence electrons. The fourth-order valence-electron chi connectivity index (χ4n) is 3.53. The Morgan fingerprint density at radius 3 is 2.36 bits per heavy atom. The van der Waals surface area contributed by atoms with Crippen LogP contribution in [0.15, 0.2) is 23.1 Å². The topological polar surface area (TPSA) is 81.2 Å². The van der Waals surface area contributed by atoms with Gasteiger partial charge in [0, 0.05) is 45.8 Å². The third-order valence-corrected chi connectivity index (χ3v) is 7.00. The fourth-order valence-corrected chi connectivity index (χ4v) is 5.00. The second-order valence-corrected chi connectivity index (χ2v) is 8.81. The predicted molar refractivity (Wildman–Crippen MR) is 93.9 cm³/mol. The molecule has 0 bridgehead atoms. The molecule has 0 aromatic heterocycles. The van der Waals surface area contributed by atoms with Crippen LogP contribution in [0.4, 0.5) is 13.2 Å². The van der Waals surface area contributed by atoms with E-state index in [1.54, 1.807) is 6.07 Å². The SMILES string of the molecule is O=C(N1CCc2ccc(S(=O)(=O)N3CCN(CCO)CC3)cc2C1)C(F)(F)F. The molecular weight excluding hydrogens is 399 g/mol. The Balaban J connectivity index is 1.77. The predicted octanol–water partition coefficient (Wildman–Crippen LogP) is 0.432. The molecule has 7 nitrogen and oxygen atoms in total. The first-order valence-corrected chi connectivity index (χ1v) is 10.4. The quantitative estimate of drug-likeness (QED) is 0.763. The van der Waals surface area contributed by atoms with Crippen molar-refractivity contribution in [2.75, 3.05) is 45.9 Å². The standard InChI is InChI=1S/C17H22F3N3O4S/c18-17(19,20)16(25)22-4-3-13-1-2-15(11-14(13)12-22)28(26,27)23-7-5-21(6-8-23)9-10-24/h1-2,11,24H,3-10,12H2. The minimum absolute atomic E-state index is 0.00468. The molecule has 0 radical (unpaired) electrons. The lowest BCUT2D eigenvalue weighted by atomic mass is 10.00. The van der Waals surface area contributed by atoms with Gasteiger partial charge in [0.2, 0.25) is 10.0 Å². The first-order chi connectivity index (χ1) is 13.1. The number of hydrogen-bond acceptors (Lipinski definition) is 5. The fraction of sp³-hybridized carbons (Fsp3) is 0.588. The van der Waals surface area contributed by atoms with Crippen LogP contribution in [0.1, 0.15) is 11.1 Å². The van der Waals surface area contributed by atoms with Gasteiger partial charge in [-0.3, -0.25) is 9.69 Å². The van der Waals surface area contributed by atoms with E-state index in [0.717, 1.165) is 5.56 Å². The first kappa shape index (κ1) is 21.0. The molecule has 1 fully saturated rings. The molecule has 0 saturated carbocycles. The third kappa shape index (κ3) is 4.32. The zero-order chi connectivity index (χ0) is 20.5. The van der Waals surface area contributed by atoms with Gasteiger partial charge in [-0.1, -0.05) is 6.07 Å². The summed E-state index contributed by atoms with van der Waals surface area (Å²) in [7, 11) is -3.78. The van der Waals surface area contributed by atoms with E-state index in [2.05, 4.69) is 0 Å². The van der Waals surface area contributed by atoms with Gasteiger partial charge in [0.15, 0.2) is 0 Å². The van der Waals surface area contributed by atoms with E-state index in [1.165, 1.54) is 16.4 Å². The summed E-state index contributed by atoms with van der Waals surface area (Å²) in [6, 6.07) is 4.45. The lowest BCUT2D eigenvalue weighted by Gasteiger charge is -2.34. The van der Waals surface area contributed by atoms with E-state index < -0.39 is 22.1 Å². The average Bonchev–Trinajstić information content (AvgIpc) is 2.66. The number of rotatable bonds is 4. The van der Waals surface area contributed by atoms with Crippen molar-refractivity contribution in [3.05, 3.63) is 29.3 Å². The largest absolute Gasteiger partial charge is 0.471 e.